The summed E-state index contributed by atoms with van der Waals surface area (Å²) in [5.74, 6) is 2.58. The molecule has 0 aromatic heterocycles. The molecule has 0 bridgehead atoms. The second-order valence-electron chi connectivity index (χ2n) is 5.28. The van der Waals surface area contributed by atoms with Crippen molar-refractivity contribution in [2.75, 3.05) is 50.5 Å². The molecule has 19 heavy (non-hydrogen) atoms. The first kappa shape index (κ1) is 14.5. The Kier molecular flexibility index (Phi) is 5.40. The van der Waals surface area contributed by atoms with E-state index in [0.717, 1.165) is 44.2 Å². The Balaban J connectivity index is 1.88. The zero-order valence-electron chi connectivity index (χ0n) is 11.9. The second-order valence-corrected chi connectivity index (χ2v) is 5.64. The number of benzene rings is 1. The van der Waals surface area contributed by atoms with Gasteiger partial charge in [0.2, 0.25) is 0 Å². The van der Waals surface area contributed by atoms with Gasteiger partial charge in [-0.1, -0.05) is 13.0 Å². The van der Waals surface area contributed by atoms with E-state index < -0.39 is 0 Å². The lowest BCUT2D eigenvalue weighted by Crippen LogP contribution is -2.47. The first-order chi connectivity index (χ1) is 9.22. The lowest BCUT2D eigenvalue weighted by molar-refractivity contribution is 0.233. The molecule has 0 N–H and O–H groups in total. The smallest absolute Gasteiger partial charge is 0.120 e. The number of ether oxygens (including phenoxy) is 1. The first-order valence-electron chi connectivity index (χ1n) is 6.95. The van der Waals surface area contributed by atoms with Crippen LogP contribution in [0.3, 0.4) is 0 Å². The van der Waals surface area contributed by atoms with Gasteiger partial charge in [0.1, 0.15) is 5.75 Å². The van der Waals surface area contributed by atoms with Crippen molar-refractivity contribution in [2.45, 2.75) is 6.92 Å². The molecule has 0 radical (unpaired) electrons. The number of methoxy groups -OCH3 is 1. The van der Waals surface area contributed by atoms with Gasteiger partial charge in [-0.2, -0.15) is 12.6 Å². The third kappa shape index (κ3) is 4.05. The van der Waals surface area contributed by atoms with Crippen LogP contribution in [-0.4, -0.2) is 50.5 Å². The summed E-state index contributed by atoms with van der Waals surface area (Å²) in [6.07, 6.45) is 0. The van der Waals surface area contributed by atoms with Gasteiger partial charge in [0.15, 0.2) is 0 Å². The van der Waals surface area contributed by atoms with Gasteiger partial charge in [0.05, 0.1) is 7.11 Å². The molecule has 0 amide bonds. The number of hydrogen-bond acceptors (Lipinski definition) is 4. The van der Waals surface area contributed by atoms with E-state index >= 15 is 0 Å². The van der Waals surface area contributed by atoms with Crippen LogP contribution in [0.25, 0.3) is 0 Å². The van der Waals surface area contributed by atoms with Gasteiger partial charge in [-0.15, -0.1) is 0 Å². The van der Waals surface area contributed by atoms with E-state index in [0.29, 0.717) is 5.92 Å². The summed E-state index contributed by atoms with van der Waals surface area (Å²) in [6.45, 7) is 7.88. The van der Waals surface area contributed by atoms with Gasteiger partial charge in [0.25, 0.3) is 0 Å². The van der Waals surface area contributed by atoms with Crippen LogP contribution in [-0.2, 0) is 0 Å². The monoisotopic (exact) mass is 280 g/mol. The Morgan fingerprint density at radius 3 is 2.63 bits per heavy atom. The molecule has 0 spiro atoms. The quantitative estimate of drug-likeness (QED) is 0.834. The number of piperazine rings is 1. The molecule has 1 fully saturated rings. The number of nitrogens with zero attached hydrogens (tertiary/aromatic N) is 2. The van der Waals surface area contributed by atoms with Crippen molar-refractivity contribution >= 4 is 18.3 Å². The highest BCUT2D eigenvalue weighted by atomic mass is 32.1. The Morgan fingerprint density at radius 1 is 1.26 bits per heavy atom. The van der Waals surface area contributed by atoms with E-state index in [4.69, 9.17) is 4.74 Å². The molecule has 0 aliphatic carbocycles. The van der Waals surface area contributed by atoms with Crippen LogP contribution >= 0.6 is 12.6 Å². The second kappa shape index (κ2) is 7.06. The lowest BCUT2D eigenvalue weighted by atomic mass is 10.1. The summed E-state index contributed by atoms with van der Waals surface area (Å²) in [4.78, 5) is 4.97. The van der Waals surface area contributed by atoms with Crippen LogP contribution in [0.5, 0.6) is 5.75 Å². The predicted octanol–water partition coefficient (Wildman–Crippen LogP) is 2.38. The summed E-state index contributed by atoms with van der Waals surface area (Å²) >= 11 is 4.36. The Labute approximate surface area is 121 Å². The molecule has 1 aromatic rings. The molecule has 1 aliphatic heterocycles. The molecular formula is C15H24N2OS. The van der Waals surface area contributed by atoms with Crippen LogP contribution in [0.15, 0.2) is 24.3 Å². The standard InChI is InChI=1S/C15H24N2OS/c1-13(12-19)11-16-6-8-17(9-7-16)14-4-3-5-15(10-14)18-2/h3-5,10,13,19H,6-9,11-12H2,1-2H3. The molecule has 1 aliphatic rings. The minimum absolute atomic E-state index is 0.673. The highest BCUT2D eigenvalue weighted by Crippen LogP contribution is 2.22. The van der Waals surface area contributed by atoms with Crippen molar-refractivity contribution in [1.29, 1.82) is 0 Å². The number of hydrogen-bond donors (Lipinski definition) is 1. The van der Waals surface area contributed by atoms with E-state index in [-0.39, 0.29) is 0 Å². The molecule has 2 rings (SSSR count). The van der Waals surface area contributed by atoms with Crippen molar-refractivity contribution in [1.82, 2.24) is 4.90 Å². The Morgan fingerprint density at radius 2 is 2.00 bits per heavy atom. The van der Waals surface area contributed by atoms with Crippen molar-refractivity contribution in [3.05, 3.63) is 24.3 Å². The summed E-state index contributed by atoms with van der Waals surface area (Å²) in [5, 5.41) is 0. The van der Waals surface area contributed by atoms with E-state index in [1.165, 1.54) is 5.69 Å². The molecule has 0 saturated carbocycles. The summed E-state index contributed by atoms with van der Waals surface area (Å²) in [7, 11) is 1.72. The maximum Gasteiger partial charge on any atom is 0.120 e. The maximum absolute atomic E-state index is 5.29. The van der Waals surface area contributed by atoms with Crippen molar-refractivity contribution in [3.63, 3.8) is 0 Å². The minimum atomic E-state index is 0.673. The fraction of sp³-hybridized carbons (Fsp3) is 0.600. The average Bonchev–Trinajstić information content (AvgIpc) is 2.48. The normalized spacial score (nSPS) is 18.4. The Bertz CT molecular complexity index is 391. The van der Waals surface area contributed by atoms with Gasteiger partial charge < -0.3 is 9.64 Å². The van der Waals surface area contributed by atoms with E-state index in [2.05, 4.69) is 47.6 Å². The van der Waals surface area contributed by atoms with Crippen LogP contribution in [0.1, 0.15) is 6.92 Å². The minimum Gasteiger partial charge on any atom is -0.497 e. The van der Waals surface area contributed by atoms with Gasteiger partial charge in [0, 0.05) is 44.5 Å². The van der Waals surface area contributed by atoms with Gasteiger partial charge in [-0.3, -0.25) is 4.90 Å². The number of thiol groups is 1. The van der Waals surface area contributed by atoms with Crippen LogP contribution < -0.4 is 9.64 Å². The van der Waals surface area contributed by atoms with E-state index in [1.807, 2.05) is 6.07 Å². The molecular weight excluding hydrogens is 256 g/mol. The average molecular weight is 280 g/mol. The molecule has 1 unspecified atom stereocenters. The molecule has 1 aromatic carbocycles. The third-order valence-corrected chi connectivity index (χ3v) is 4.30. The van der Waals surface area contributed by atoms with E-state index in [9.17, 15) is 0 Å². The molecule has 3 nitrogen and oxygen atoms in total. The largest absolute Gasteiger partial charge is 0.497 e. The van der Waals surface area contributed by atoms with E-state index in [1.54, 1.807) is 7.11 Å². The highest BCUT2D eigenvalue weighted by molar-refractivity contribution is 7.80. The van der Waals surface area contributed by atoms with Gasteiger partial charge in [-0.25, -0.2) is 0 Å². The third-order valence-electron chi connectivity index (χ3n) is 3.67. The summed E-state index contributed by atoms with van der Waals surface area (Å²) < 4.78 is 5.29. The number of rotatable bonds is 5. The van der Waals surface area contributed by atoms with Crippen LogP contribution in [0.4, 0.5) is 5.69 Å². The molecule has 1 saturated heterocycles. The van der Waals surface area contributed by atoms with Crippen molar-refractivity contribution in [2.24, 2.45) is 5.92 Å². The first-order valence-corrected chi connectivity index (χ1v) is 7.58. The summed E-state index contributed by atoms with van der Waals surface area (Å²) in [6, 6.07) is 8.33. The summed E-state index contributed by atoms with van der Waals surface area (Å²) in [5.41, 5.74) is 1.27. The number of anilines is 1. The highest BCUT2D eigenvalue weighted by Gasteiger charge is 2.18. The molecule has 4 heteroatoms. The topological polar surface area (TPSA) is 15.7 Å². The van der Waals surface area contributed by atoms with Gasteiger partial charge in [-0.05, 0) is 23.8 Å². The molecule has 1 heterocycles. The zero-order valence-corrected chi connectivity index (χ0v) is 12.8. The fourth-order valence-corrected chi connectivity index (χ4v) is 2.61. The Hall–Kier alpha value is -0.870. The SMILES string of the molecule is COc1cccc(N2CCN(CC(C)CS)CC2)c1. The van der Waals surface area contributed by atoms with Gasteiger partial charge >= 0.3 is 0 Å². The van der Waals surface area contributed by atoms with Crippen molar-refractivity contribution in [3.8, 4) is 5.75 Å². The maximum atomic E-state index is 5.29. The zero-order chi connectivity index (χ0) is 13.7. The van der Waals surface area contributed by atoms with Crippen LogP contribution in [0.2, 0.25) is 0 Å². The molecule has 1 atom stereocenters. The van der Waals surface area contributed by atoms with Crippen LogP contribution in [0, 0.1) is 5.92 Å². The lowest BCUT2D eigenvalue weighted by Gasteiger charge is -2.37. The predicted molar refractivity (Wildman–Crippen MR) is 84.7 cm³/mol. The van der Waals surface area contributed by atoms with Crippen molar-refractivity contribution < 1.29 is 4.74 Å². The fourth-order valence-electron chi connectivity index (χ4n) is 2.49. The molecule has 106 valence electrons.